The van der Waals surface area contributed by atoms with Gasteiger partial charge in [-0.2, -0.15) is 0 Å². The second kappa shape index (κ2) is 7.63. The molecule has 1 saturated heterocycles. The Bertz CT molecular complexity index is 226. The number of rotatable bonds is 6. The number of amides is 1. The lowest BCUT2D eigenvalue weighted by Gasteiger charge is -2.30. The van der Waals surface area contributed by atoms with Crippen molar-refractivity contribution in [1.82, 2.24) is 15.8 Å². The minimum atomic E-state index is -0.186. The van der Waals surface area contributed by atoms with Crippen molar-refractivity contribution >= 4 is 5.91 Å². The molecule has 1 unspecified atom stereocenters. The van der Waals surface area contributed by atoms with Gasteiger partial charge in [-0.1, -0.05) is 13.8 Å². The molecular formula is C12H25N3O2. The molecule has 100 valence electrons. The molecule has 0 radical (unpaired) electrons. The molecule has 17 heavy (non-hydrogen) atoms. The summed E-state index contributed by atoms with van der Waals surface area (Å²) >= 11 is 0. The summed E-state index contributed by atoms with van der Waals surface area (Å²) in [5.74, 6) is 0.0743. The van der Waals surface area contributed by atoms with Gasteiger partial charge in [-0.25, -0.2) is 10.4 Å². The van der Waals surface area contributed by atoms with E-state index in [-0.39, 0.29) is 18.0 Å². The normalized spacial score (nSPS) is 19.3. The Labute approximate surface area is 104 Å². The van der Waals surface area contributed by atoms with Gasteiger partial charge in [-0.15, -0.1) is 0 Å². The van der Waals surface area contributed by atoms with E-state index in [2.05, 4.69) is 29.6 Å². The highest BCUT2D eigenvalue weighted by atomic mass is 16.5. The molecule has 1 amide bonds. The molecule has 1 aliphatic rings. The molecule has 1 heterocycles. The minimum Gasteiger partial charge on any atom is -0.379 e. The quantitative estimate of drug-likeness (QED) is 0.714. The Balaban J connectivity index is 2.30. The zero-order valence-corrected chi connectivity index (χ0v) is 11.2. The fraction of sp³-hybridized carbons (Fsp3) is 0.917. The number of nitrogens with zero attached hydrogens (tertiary/aromatic N) is 1. The van der Waals surface area contributed by atoms with Crippen LogP contribution in [0.5, 0.6) is 0 Å². The molecule has 1 atom stereocenters. The highest BCUT2D eigenvalue weighted by Gasteiger charge is 2.19. The van der Waals surface area contributed by atoms with Gasteiger partial charge in [-0.05, 0) is 19.8 Å². The summed E-state index contributed by atoms with van der Waals surface area (Å²) in [5.41, 5.74) is 3.21. The van der Waals surface area contributed by atoms with Crippen molar-refractivity contribution in [2.75, 3.05) is 26.3 Å². The number of morpholine rings is 1. The monoisotopic (exact) mass is 243 g/mol. The van der Waals surface area contributed by atoms with Crippen molar-refractivity contribution in [2.24, 2.45) is 0 Å². The molecule has 5 nitrogen and oxygen atoms in total. The van der Waals surface area contributed by atoms with Gasteiger partial charge in [0.2, 0.25) is 5.91 Å². The van der Waals surface area contributed by atoms with Crippen molar-refractivity contribution in [1.29, 1.82) is 0 Å². The van der Waals surface area contributed by atoms with Crippen LogP contribution in [0.25, 0.3) is 0 Å². The summed E-state index contributed by atoms with van der Waals surface area (Å²) in [6.45, 7) is 9.21. The first-order chi connectivity index (χ1) is 8.17. The second-order valence-corrected chi connectivity index (χ2v) is 4.47. The Morgan fingerprint density at radius 3 is 2.41 bits per heavy atom. The van der Waals surface area contributed by atoms with E-state index in [1.165, 1.54) is 0 Å². The van der Waals surface area contributed by atoms with Crippen LogP contribution in [0.4, 0.5) is 0 Å². The molecule has 2 N–H and O–H groups in total. The standard InChI is InChI=1S/C12H25N3O2/c1-4-11(5-2)13-12(16)10(3)14-15-6-8-17-9-7-15/h10-11,14H,4-9H2,1-3H3,(H,13,16). The van der Waals surface area contributed by atoms with Gasteiger partial charge in [0.25, 0.3) is 0 Å². The van der Waals surface area contributed by atoms with E-state index in [1.54, 1.807) is 0 Å². The Hall–Kier alpha value is -0.650. The lowest BCUT2D eigenvalue weighted by Crippen LogP contribution is -2.55. The Kier molecular flexibility index (Phi) is 6.47. The molecule has 0 saturated carbocycles. The van der Waals surface area contributed by atoms with Crippen molar-refractivity contribution in [3.05, 3.63) is 0 Å². The molecule has 0 spiro atoms. The van der Waals surface area contributed by atoms with Crippen LogP contribution in [0.1, 0.15) is 33.6 Å². The Morgan fingerprint density at radius 2 is 1.88 bits per heavy atom. The lowest BCUT2D eigenvalue weighted by atomic mass is 10.1. The van der Waals surface area contributed by atoms with Crippen LogP contribution < -0.4 is 10.7 Å². The number of hydrogen-bond acceptors (Lipinski definition) is 4. The number of hydrogen-bond donors (Lipinski definition) is 2. The zero-order valence-electron chi connectivity index (χ0n) is 11.2. The summed E-state index contributed by atoms with van der Waals surface area (Å²) < 4.78 is 5.26. The van der Waals surface area contributed by atoms with Gasteiger partial charge >= 0.3 is 0 Å². The zero-order chi connectivity index (χ0) is 12.7. The van der Waals surface area contributed by atoms with Crippen LogP contribution in [0, 0.1) is 0 Å². The summed E-state index contributed by atoms with van der Waals surface area (Å²) in [7, 11) is 0. The molecule has 1 aliphatic heterocycles. The number of carbonyl (C=O) groups excluding carboxylic acids is 1. The third-order valence-electron chi connectivity index (χ3n) is 3.11. The van der Waals surface area contributed by atoms with Crippen LogP contribution in [0.15, 0.2) is 0 Å². The molecular weight excluding hydrogens is 218 g/mol. The average Bonchev–Trinajstić information content (AvgIpc) is 2.36. The predicted molar refractivity (Wildman–Crippen MR) is 67.5 cm³/mol. The third-order valence-corrected chi connectivity index (χ3v) is 3.11. The van der Waals surface area contributed by atoms with E-state index >= 15 is 0 Å². The maximum atomic E-state index is 11.9. The van der Waals surface area contributed by atoms with Crippen LogP contribution >= 0.6 is 0 Å². The molecule has 0 aromatic rings. The van der Waals surface area contributed by atoms with Crippen molar-refractivity contribution in [3.8, 4) is 0 Å². The van der Waals surface area contributed by atoms with Gasteiger partial charge in [-0.3, -0.25) is 4.79 Å². The molecule has 0 bridgehead atoms. The number of hydrazine groups is 1. The number of nitrogens with one attached hydrogen (secondary N) is 2. The van der Waals surface area contributed by atoms with E-state index < -0.39 is 0 Å². The van der Waals surface area contributed by atoms with E-state index in [1.807, 2.05) is 6.92 Å². The largest absolute Gasteiger partial charge is 0.379 e. The molecule has 1 rings (SSSR count). The van der Waals surface area contributed by atoms with E-state index in [0.717, 1.165) is 39.1 Å². The lowest BCUT2D eigenvalue weighted by molar-refractivity contribution is -0.125. The summed E-state index contributed by atoms with van der Waals surface area (Å²) in [4.78, 5) is 11.9. The van der Waals surface area contributed by atoms with Crippen LogP contribution in [0.3, 0.4) is 0 Å². The topological polar surface area (TPSA) is 53.6 Å². The minimum absolute atomic E-state index is 0.0743. The number of carbonyl (C=O) groups is 1. The fourth-order valence-electron chi connectivity index (χ4n) is 1.84. The maximum absolute atomic E-state index is 11.9. The second-order valence-electron chi connectivity index (χ2n) is 4.47. The van der Waals surface area contributed by atoms with E-state index in [0.29, 0.717) is 0 Å². The molecule has 0 aromatic heterocycles. The van der Waals surface area contributed by atoms with Crippen molar-refractivity contribution in [2.45, 2.75) is 45.7 Å². The van der Waals surface area contributed by atoms with Gasteiger partial charge < -0.3 is 10.1 Å². The molecule has 0 aromatic carbocycles. The molecule has 0 aliphatic carbocycles. The predicted octanol–water partition coefficient (Wildman–Crippen LogP) is 0.517. The first-order valence-electron chi connectivity index (χ1n) is 6.56. The summed E-state index contributed by atoms with van der Waals surface area (Å²) in [6.07, 6.45) is 1.96. The van der Waals surface area contributed by atoms with Gasteiger partial charge in [0.05, 0.1) is 19.3 Å². The third kappa shape index (κ3) is 5.02. The number of ether oxygens (including phenoxy) is 1. The van der Waals surface area contributed by atoms with Gasteiger partial charge in [0.1, 0.15) is 0 Å². The molecule has 5 heteroatoms. The SMILES string of the molecule is CCC(CC)NC(=O)C(C)NN1CCOCC1. The Morgan fingerprint density at radius 1 is 1.29 bits per heavy atom. The average molecular weight is 243 g/mol. The van der Waals surface area contributed by atoms with Gasteiger partial charge in [0, 0.05) is 19.1 Å². The van der Waals surface area contributed by atoms with Crippen LogP contribution in [0.2, 0.25) is 0 Å². The highest BCUT2D eigenvalue weighted by Crippen LogP contribution is 1.98. The van der Waals surface area contributed by atoms with E-state index in [9.17, 15) is 4.79 Å². The summed E-state index contributed by atoms with van der Waals surface area (Å²) in [6, 6.07) is 0.102. The highest BCUT2D eigenvalue weighted by molar-refractivity contribution is 5.81. The maximum Gasteiger partial charge on any atom is 0.238 e. The van der Waals surface area contributed by atoms with Crippen molar-refractivity contribution in [3.63, 3.8) is 0 Å². The van der Waals surface area contributed by atoms with E-state index in [4.69, 9.17) is 4.74 Å². The smallest absolute Gasteiger partial charge is 0.238 e. The van der Waals surface area contributed by atoms with Crippen LogP contribution in [-0.2, 0) is 9.53 Å². The fourth-order valence-corrected chi connectivity index (χ4v) is 1.84. The van der Waals surface area contributed by atoms with Gasteiger partial charge in [0.15, 0.2) is 0 Å². The summed E-state index contributed by atoms with van der Waals surface area (Å²) in [5, 5.41) is 5.10. The first kappa shape index (κ1) is 14.4. The molecule has 1 fully saturated rings. The van der Waals surface area contributed by atoms with Crippen LogP contribution in [-0.4, -0.2) is 49.3 Å². The first-order valence-corrected chi connectivity index (χ1v) is 6.56. The van der Waals surface area contributed by atoms with Crippen molar-refractivity contribution < 1.29 is 9.53 Å².